The number of rotatable bonds is 1. The van der Waals surface area contributed by atoms with E-state index in [4.69, 9.17) is 0 Å². The van der Waals surface area contributed by atoms with Crippen LogP contribution < -0.4 is 5.32 Å². The van der Waals surface area contributed by atoms with E-state index in [9.17, 15) is 0 Å². The van der Waals surface area contributed by atoms with Crippen LogP contribution in [0.4, 0.5) is 0 Å². The van der Waals surface area contributed by atoms with Crippen LogP contribution in [0.5, 0.6) is 0 Å². The Labute approximate surface area is 86.4 Å². The van der Waals surface area contributed by atoms with Gasteiger partial charge in [0.2, 0.25) is 0 Å². The van der Waals surface area contributed by atoms with Crippen LogP contribution in [0.3, 0.4) is 0 Å². The molecule has 2 aromatic rings. The van der Waals surface area contributed by atoms with Gasteiger partial charge in [0.25, 0.3) is 0 Å². The molecule has 1 N–H and O–H groups in total. The first-order valence-electron chi connectivity index (χ1n) is 4.74. The van der Waals surface area contributed by atoms with Gasteiger partial charge >= 0.3 is 0 Å². The van der Waals surface area contributed by atoms with Crippen molar-refractivity contribution in [1.82, 2.24) is 14.9 Å². The minimum atomic E-state index is 0.938. The Balaban J connectivity index is 2.11. The van der Waals surface area contributed by atoms with Crippen molar-refractivity contribution in [2.45, 2.75) is 13.1 Å². The van der Waals surface area contributed by atoms with Crippen molar-refractivity contribution in [2.24, 2.45) is 0 Å². The molecule has 0 amide bonds. The number of aromatic nitrogens is 2. The largest absolute Gasteiger partial charge is 0.332 e. The van der Waals surface area contributed by atoms with Crippen LogP contribution in [0.1, 0.15) is 5.69 Å². The third kappa shape index (κ3) is 1.19. The lowest BCUT2D eigenvalue weighted by Gasteiger charge is -2.16. The third-order valence-corrected chi connectivity index (χ3v) is 3.40. The molecule has 0 aliphatic carbocycles. The fraction of sp³-hybridized carbons (Fsp3) is 0.300. The summed E-state index contributed by atoms with van der Waals surface area (Å²) < 4.78 is 2.24. The van der Waals surface area contributed by atoms with E-state index >= 15 is 0 Å². The maximum Gasteiger partial charge on any atom is 0.103 e. The van der Waals surface area contributed by atoms with E-state index in [1.807, 2.05) is 6.33 Å². The molecule has 0 fully saturated rings. The van der Waals surface area contributed by atoms with E-state index in [1.165, 1.54) is 10.6 Å². The van der Waals surface area contributed by atoms with Gasteiger partial charge in [0.05, 0.1) is 16.9 Å². The predicted octanol–water partition coefficient (Wildman–Crippen LogP) is 1.71. The Morgan fingerprint density at radius 1 is 1.50 bits per heavy atom. The maximum absolute atomic E-state index is 4.47. The standard InChI is InChI=1S/C10H11N3S/c1-2-9(14-5-1)10-8-6-11-3-4-13(8)7-12-10/h1-2,5,7,11H,3-4,6H2. The van der Waals surface area contributed by atoms with Crippen molar-refractivity contribution in [1.29, 1.82) is 0 Å². The molecule has 3 nitrogen and oxygen atoms in total. The van der Waals surface area contributed by atoms with Crippen molar-refractivity contribution in [3.8, 4) is 10.6 Å². The van der Waals surface area contributed by atoms with Gasteiger partial charge in [-0.1, -0.05) is 6.07 Å². The lowest BCUT2D eigenvalue weighted by Crippen LogP contribution is -2.27. The summed E-state index contributed by atoms with van der Waals surface area (Å²) in [6.45, 7) is 3.02. The first-order valence-corrected chi connectivity index (χ1v) is 5.62. The van der Waals surface area contributed by atoms with Gasteiger partial charge in [-0.3, -0.25) is 0 Å². The number of thiophene rings is 1. The van der Waals surface area contributed by atoms with Crippen LogP contribution in [0.2, 0.25) is 0 Å². The molecular formula is C10H11N3S. The molecule has 1 aliphatic rings. The number of imidazole rings is 1. The first kappa shape index (κ1) is 8.20. The van der Waals surface area contributed by atoms with Crippen molar-refractivity contribution in [3.63, 3.8) is 0 Å². The van der Waals surface area contributed by atoms with E-state index in [2.05, 4.69) is 32.4 Å². The molecular weight excluding hydrogens is 194 g/mol. The zero-order valence-electron chi connectivity index (χ0n) is 7.73. The highest BCUT2D eigenvalue weighted by atomic mass is 32.1. The molecule has 2 aromatic heterocycles. The van der Waals surface area contributed by atoms with Gasteiger partial charge < -0.3 is 9.88 Å². The Hall–Kier alpha value is -1.13. The molecule has 0 unspecified atom stereocenters. The quantitative estimate of drug-likeness (QED) is 0.768. The zero-order chi connectivity index (χ0) is 9.38. The van der Waals surface area contributed by atoms with Crippen molar-refractivity contribution < 1.29 is 0 Å². The Morgan fingerprint density at radius 2 is 2.50 bits per heavy atom. The summed E-state index contributed by atoms with van der Waals surface area (Å²) in [5.74, 6) is 0. The van der Waals surface area contributed by atoms with Crippen LogP contribution in [0.25, 0.3) is 10.6 Å². The number of nitrogens with zero attached hydrogens (tertiary/aromatic N) is 2. The molecule has 0 atom stereocenters. The fourth-order valence-corrected chi connectivity index (χ4v) is 2.55. The highest BCUT2D eigenvalue weighted by Gasteiger charge is 2.15. The molecule has 0 aromatic carbocycles. The summed E-state index contributed by atoms with van der Waals surface area (Å²) in [6, 6.07) is 4.20. The van der Waals surface area contributed by atoms with Crippen LogP contribution in [-0.2, 0) is 13.1 Å². The summed E-state index contributed by atoms with van der Waals surface area (Å²) in [6.07, 6.45) is 1.95. The van der Waals surface area contributed by atoms with Crippen LogP contribution >= 0.6 is 11.3 Å². The van der Waals surface area contributed by atoms with Gasteiger partial charge in [0.15, 0.2) is 0 Å². The van der Waals surface area contributed by atoms with Gasteiger partial charge in [-0.2, -0.15) is 0 Å². The average Bonchev–Trinajstić information content (AvgIpc) is 2.85. The molecule has 0 bridgehead atoms. The van der Waals surface area contributed by atoms with E-state index in [-0.39, 0.29) is 0 Å². The number of nitrogens with one attached hydrogen (secondary N) is 1. The van der Waals surface area contributed by atoms with Gasteiger partial charge in [0.1, 0.15) is 5.69 Å². The maximum atomic E-state index is 4.47. The first-order chi connectivity index (χ1) is 6.95. The highest BCUT2D eigenvalue weighted by Crippen LogP contribution is 2.27. The Morgan fingerprint density at radius 3 is 3.36 bits per heavy atom. The van der Waals surface area contributed by atoms with Crippen molar-refractivity contribution in [3.05, 3.63) is 29.5 Å². The molecule has 3 heterocycles. The van der Waals surface area contributed by atoms with E-state index in [0.717, 1.165) is 25.3 Å². The fourth-order valence-electron chi connectivity index (χ4n) is 1.81. The molecule has 1 aliphatic heterocycles. The van der Waals surface area contributed by atoms with Crippen molar-refractivity contribution >= 4 is 11.3 Å². The van der Waals surface area contributed by atoms with Crippen LogP contribution in [0, 0.1) is 0 Å². The van der Waals surface area contributed by atoms with Gasteiger partial charge in [-0.25, -0.2) is 4.98 Å². The molecule has 0 radical (unpaired) electrons. The topological polar surface area (TPSA) is 29.9 Å². The molecule has 72 valence electrons. The monoisotopic (exact) mass is 205 g/mol. The molecule has 0 saturated heterocycles. The highest BCUT2D eigenvalue weighted by molar-refractivity contribution is 7.13. The number of fused-ring (bicyclic) bond motifs is 1. The molecule has 4 heteroatoms. The molecule has 14 heavy (non-hydrogen) atoms. The Kier molecular flexibility index (Phi) is 1.89. The summed E-state index contributed by atoms with van der Waals surface area (Å²) in [5.41, 5.74) is 2.46. The third-order valence-electron chi connectivity index (χ3n) is 2.52. The summed E-state index contributed by atoms with van der Waals surface area (Å²) in [4.78, 5) is 5.74. The second kappa shape index (κ2) is 3.22. The second-order valence-corrected chi connectivity index (χ2v) is 4.34. The van der Waals surface area contributed by atoms with Gasteiger partial charge in [-0.15, -0.1) is 11.3 Å². The number of hydrogen-bond acceptors (Lipinski definition) is 3. The van der Waals surface area contributed by atoms with Crippen molar-refractivity contribution in [2.75, 3.05) is 6.54 Å². The summed E-state index contributed by atoms with van der Waals surface area (Å²) in [5, 5.41) is 5.47. The van der Waals surface area contributed by atoms with Gasteiger partial charge in [0, 0.05) is 19.6 Å². The minimum Gasteiger partial charge on any atom is -0.332 e. The smallest absolute Gasteiger partial charge is 0.103 e. The average molecular weight is 205 g/mol. The number of hydrogen-bond donors (Lipinski definition) is 1. The predicted molar refractivity (Wildman–Crippen MR) is 57.2 cm³/mol. The SMILES string of the molecule is c1csc(-c2ncn3c2CNCC3)c1. The van der Waals surface area contributed by atoms with E-state index in [1.54, 1.807) is 11.3 Å². The summed E-state index contributed by atoms with van der Waals surface area (Å²) >= 11 is 1.75. The minimum absolute atomic E-state index is 0.938. The zero-order valence-corrected chi connectivity index (χ0v) is 8.55. The van der Waals surface area contributed by atoms with Crippen LogP contribution in [0.15, 0.2) is 23.8 Å². The van der Waals surface area contributed by atoms with Gasteiger partial charge in [-0.05, 0) is 11.4 Å². The normalized spacial score (nSPS) is 15.4. The van der Waals surface area contributed by atoms with Crippen LogP contribution in [-0.4, -0.2) is 16.1 Å². The van der Waals surface area contributed by atoms with E-state index in [0.29, 0.717) is 0 Å². The summed E-state index contributed by atoms with van der Waals surface area (Å²) in [7, 11) is 0. The Bertz CT molecular complexity index is 430. The second-order valence-electron chi connectivity index (χ2n) is 3.39. The molecule has 0 saturated carbocycles. The lowest BCUT2D eigenvalue weighted by molar-refractivity contribution is 0.517. The molecule has 3 rings (SSSR count). The molecule has 0 spiro atoms. The van der Waals surface area contributed by atoms with E-state index < -0.39 is 0 Å². The lowest BCUT2D eigenvalue weighted by atomic mass is 10.2.